The van der Waals surface area contributed by atoms with Crippen molar-refractivity contribution in [2.24, 2.45) is 11.3 Å². The molecule has 1 aliphatic carbocycles. The van der Waals surface area contributed by atoms with Gasteiger partial charge in [-0.2, -0.15) is 0 Å². The summed E-state index contributed by atoms with van der Waals surface area (Å²) in [4.78, 5) is 0. The van der Waals surface area contributed by atoms with Crippen LogP contribution in [-0.4, -0.2) is 27.8 Å². The molecule has 17 heavy (non-hydrogen) atoms. The van der Waals surface area contributed by atoms with Crippen molar-refractivity contribution in [3.05, 3.63) is 0 Å². The average molecular weight is 259 g/mol. The molecule has 3 atom stereocenters. The molecule has 0 aromatic heterocycles. The van der Waals surface area contributed by atoms with Crippen LogP contribution in [-0.2, 0) is 10.8 Å². The Kier molecular flexibility index (Phi) is 5.65. The maximum absolute atomic E-state index is 12.4. The Labute approximate surface area is 109 Å². The topological polar surface area (TPSA) is 29.1 Å². The zero-order valence-corrected chi connectivity index (χ0v) is 12.9. The van der Waals surface area contributed by atoms with Gasteiger partial charge in [0.05, 0.1) is 5.25 Å². The van der Waals surface area contributed by atoms with Crippen molar-refractivity contribution in [2.75, 3.05) is 12.3 Å². The molecule has 1 aliphatic rings. The smallest absolute Gasteiger partial charge is 0.0506 e. The second kappa shape index (κ2) is 6.33. The molecular formula is C14H29NOS. The number of hydrogen-bond acceptors (Lipinski definition) is 2. The van der Waals surface area contributed by atoms with Crippen molar-refractivity contribution in [2.45, 2.75) is 65.2 Å². The molecular weight excluding hydrogens is 230 g/mol. The monoisotopic (exact) mass is 259 g/mol. The second-order valence-electron chi connectivity index (χ2n) is 6.44. The minimum Gasteiger partial charge on any atom is -0.312 e. The van der Waals surface area contributed by atoms with Crippen LogP contribution in [0.25, 0.3) is 0 Å². The van der Waals surface area contributed by atoms with Crippen molar-refractivity contribution < 1.29 is 4.21 Å². The molecule has 2 nitrogen and oxygen atoms in total. The lowest BCUT2D eigenvalue weighted by atomic mass is 9.87. The van der Waals surface area contributed by atoms with Crippen LogP contribution in [0.3, 0.4) is 0 Å². The molecule has 0 amide bonds. The molecule has 102 valence electrons. The summed E-state index contributed by atoms with van der Waals surface area (Å²) >= 11 is 0. The van der Waals surface area contributed by atoms with E-state index in [0.29, 0.717) is 22.6 Å². The zero-order valence-electron chi connectivity index (χ0n) is 12.1. The van der Waals surface area contributed by atoms with Crippen molar-refractivity contribution in [1.82, 2.24) is 5.32 Å². The lowest BCUT2D eigenvalue weighted by Crippen LogP contribution is -2.47. The molecule has 0 aromatic carbocycles. The van der Waals surface area contributed by atoms with E-state index in [2.05, 4.69) is 39.9 Å². The van der Waals surface area contributed by atoms with E-state index in [-0.39, 0.29) is 0 Å². The molecule has 0 spiro atoms. The maximum atomic E-state index is 12.4. The van der Waals surface area contributed by atoms with Crippen molar-refractivity contribution in [3.63, 3.8) is 0 Å². The fourth-order valence-electron chi connectivity index (χ4n) is 2.78. The van der Waals surface area contributed by atoms with E-state index >= 15 is 0 Å². The van der Waals surface area contributed by atoms with Crippen LogP contribution in [0.4, 0.5) is 0 Å². The summed E-state index contributed by atoms with van der Waals surface area (Å²) in [5.41, 5.74) is 0.298. The van der Waals surface area contributed by atoms with E-state index in [4.69, 9.17) is 0 Å². The number of rotatable bonds is 6. The predicted molar refractivity (Wildman–Crippen MR) is 76.7 cm³/mol. The van der Waals surface area contributed by atoms with E-state index in [1.807, 2.05) is 0 Å². The molecule has 1 saturated carbocycles. The Bertz CT molecular complexity index is 263. The fraction of sp³-hybridized carbons (Fsp3) is 1.00. The van der Waals surface area contributed by atoms with Crippen LogP contribution >= 0.6 is 0 Å². The molecule has 3 unspecified atom stereocenters. The Morgan fingerprint density at radius 2 is 2.06 bits per heavy atom. The van der Waals surface area contributed by atoms with E-state index < -0.39 is 10.8 Å². The van der Waals surface area contributed by atoms with Crippen LogP contribution in [0, 0.1) is 11.3 Å². The number of hydrogen-bond donors (Lipinski definition) is 1. The van der Waals surface area contributed by atoms with Gasteiger partial charge in [-0.15, -0.1) is 0 Å². The fourth-order valence-corrected chi connectivity index (χ4v) is 4.84. The Morgan fingerprint density at radius 1 is 1.41 bits per heavy atom. The van der Waals surface area contributed by atoms with Gasteiger partial charge in [0.1, 0.15) is 0 Å². The Morgan fingerprint density at radius 3 is 2.59 bits per heavy atom. The summed E-state index contributed by atoms with van der Waals surface area (Å²) in [5.74, 6) is 1.39. The normalized spacial score (nSPS) is 29.8. The van der Waals surface area contributed by atoms with Gasteiger partial charge in [0, 0.05) is 22.6 Å². The first kappa shape index (κ1) is 15.2. The van der Waals surface area contributed by atoms with Gasteiger partial charge in [0.25, 0.3) is 0 Å². The van der Waals surface area contributed by atoms with Gasteiger partial charge in [0.15, 0.2) is 0 Å². The highest BCUT2D eigenvalue weighted by Gasteiger charge is 2.44. The summed E-state index contributed by atoms with van der Waals surface area (Å²) < 4.78 is 12.4. The molecule has 0 radical (unpaired) electrons. The first-order valence-electron chi connectivity index (χ1n) is 6.99. The molecule has 0 heterocycles. The molecule has 0 aromatic rings. The third-order valence-electron chi connectivity index (χ3n) is 3.74. The number of nitrogens with one attached hydrogen (secondary N) is 1. The molecule has 1 rings (SSSR count). The summed E-state index contributed by atoms with van der Waals surface area (Å²) in [6, 6.07) is 0.432. The average Bonchev–Trinajstić information content (AvgIpc) is 2.50. The van der Waals surface area contributed by atoms with Gasteiger partial charge < -0.3 is 5.32 Å². The summed E-state index contributed by atoms with van der Waals surface area (Å²) in [6.45, 7) is 12.2. The van der Waals surface area contributed by atoms with Gasteiger partial charge in [-0.1, -0.05) is 34.6 Å². The predicted octanol–water partition coefficient (Wildman–Crippen LogP) is 2.95. The van der Waals surface area contributed by atoms with E-state index in [9.17, 15) is 4.21 Å². The van der Waals surface area contributed by atoms with Gasteiger partial charge in [-0.25, -0.2) is 0 Å². The second-order valence-corrected chi connectivity index (χ2v) is 8.14. The molecule has 3 heteroatoms. The Balaban J connectivity index is 2.67. The summed E-state index contributed by atoms with van der Waals surface area (Å²) in [6.07, 6.45) is 3.46. The highest BCUT2D eigenvalue weighted by atomic mass is 32.2. The third kappa shape index (κ3) is 4.06. The lowest BCUT2D eigenvalue weighted by Gasteiger charge is -2.31. The molecule has 0 saturated heterocycles. The van der Waals surface area contributed by atoms with Gasteiger partial charge in [-0.05, 0) is 37.1 Å². The van der Waals surface area contributed by atoms with Gasteiger partial charge in [0.2, 0.25) is 0 Å². The molecule has 1 fully saturated rings. The maximum Gasteiger partial charge on any atom is 0.0506 e. The van der Waals surface area contributed by atoms with Crippen LogP contribution in [0.5, 0.6) is 0 Å². The highest BCUT2D eigenvalue weighted by molar-refractivity contribution is 7.85. The van der Waals surface area contributed by atoms with E-state index in [0.717, 1.165) is 25.1 Å². The Hall–Kier alpha value is 0.110. The van der Waals surface area contributed by atoms with Crippen molar-refractivity contribution in [3.8, 4) is 0 Å². The molecule has 0 aliphatic heterocycles. The summed E-state index contributed by atoms with van der Waals surface area (Å²) in [7, 11) is -0.668. The SMILES string of the molecule is CCCNC1C(S(=O)CC(C)C)CCC1(C)C. The molecule has 0 bridgehead atoms. The van der Waals surface area contributed by atoms with Crippen LogP contribution in [0.15, 0.2) is 0 Å². The quantitative estimate of drug-likeness (QED) is 0.794. The first-order valence-corrected chi connectivity index (χ1v) is 8.37. The highest BCUT2D eigenvalue weighted by Crippen LogP contribution is 2.40. The van der Waals surface area contributed by atoms with Crippen LogP contribution in [0.1, 0.15) is 53.9 Å². The van der Waals surface area contributed by atoms with Crippen molar-refractivity contribution in [1.29, 1.82) is 0 Å². The van der Waals surface area contributed by atoms with Crippen LogP contribution in [0.2, 0.25) is 0 Å². The lowest BCUT2D eigenvalue weighted by molar-refractivity contribution is 0.286. The largest absolute Gasteiger partial charge is 0.312 e. The molecule has 1 N–H and O–H groups in total. The minimum absolute atomic E-state index is 0.298. The van der Waals surface area contributed by atoms with Crippen molar-refractivity contribution >= 4 is 10.8 Å². The standard InChI is InChI=1S/C14H29NOS/c1-6-9-15-13-12(7-8-14(13,4)5)17(16)10-11(2)3/h11-13,15H,6-10H2,1-5H3. The first-order chi connectivity index (χ1) is 7.88. The van der Waals surface area contributed by atoms with Crippen LogP contribution < -0.4 is 5.32 Å². The zero-order chi connectivity index (χ0) is 13.1. The van der Waals surface area contributed by atoms with Gasteiger partial charge >= 0.3 is 0 Å². The summed E-state index contributed by atoms with van der Waals surface area (Å²) in [5, 5.41) is 3.99. The third-order valence-corrected chi connectivity index (χ3v) is 5.91. The van der Waals surface area contributed by atoms with Gasteiger partial charge in [-0.3, -0.25) is 4.21 Å². The van der Waals surface area contributed by atoms with E-state index in [1.54, 1.807) is 0 Å². The van der Waals surface area contributed by atoms with E-state index in [1.165, 1.54) is 6.42 Å². The minimum atomic E-state index is -0.668.